The number of amides is 1. The number of nitrogens with zero attached hydrogens (tertiary/aromatic N) is 2. The number of carbonyl (C=O) groups is 1. The molecule has 3 N–H and O–H groups in total. The van der Waals surface area contributed by atoms with Gasteiger partial charge in [-0.15, -0.1) is 11.3 Å². The molecule has 7 heteroatoms. The Morgan fingerprint density at radius 2 is 2.26 bits per heavy atom. The number of primary amides is 1. The lowest BCUT2D eigenvalue weighted by molar-refractivity contribution is -0.0355. The molecule has 0 bridgehead atoms. The van der Waals surface area contributed by atoms with Gasteiger partial charge in [-0.3, -0.25) is 4.79 Å². The van der Waals surface area contributed by atoms with E-state index in [0.29, 0.717) is 11.8 Å². The molecule has 0 spiro atoms. The van der Waals surface area contributed by atoms with Gasteiger partial charge < -0.3 is 20.5 Å². The smallest absolute Gasteiger partial charge is 0.268 e. The molecular weight excluding hydrogens is 314 g/mol. The van der Waals surface area contributed by atoms with Crippen LogP contribution in [0.15, 0.2) is 5.38 Å². The van der Waals surface area contributed by atoms with Crippen LogP contribution < -0.4 is 10.6 Å². The lowest BCUT2D eigenvalue weighted by Crippen LogP contribution is -2.44. The number of nitrogens with two attached hydrogens (primary N) is 1. The number of aromatic nitrogens is 1. The summed E-state index contributed by atoms with van der Waals surface area (Å²) in [4.78, 5) is 17.7. The first kappa shape index (κ1) is 16.7. The van der Waals surface area contributed by atoms with Crippen LogP contribution in [0.3, 0.4) is 0 Å². The Kier molecular flexibility index (Phi) is 5.18. The molecule has 3 rings (SSSR count). The standard InChI is InChI=1S/C16H25N3O3S/c17-14(21)13-10-23-15(18-13)19-6-4-16(11-20,5-7-19)9-12-3-1-2-8-22-12/h10,12,20H,1-9,11H2,(H2,17,21). The molecule has 1 unspecified atom stereocenters. The van der Waals surface area contributed by atoms with Crippen LogP contribution in [0.5, 0.6) is 0 Å². The van der Waals surface area contributed by atoms with E-state index in [4.69, 9.17) is 10.5 Å². The van der Waals surface area contributed by atoms with E-state index in [-0.39, 0.29) is 12.0 Å². The minimum absolute atomic E-state index is 0.0394. The molecule has 2 aliphatic rings. The van der Waals surface area contributed by atoms with Gasteiger partial charge in [-0.1, -0.05) is 0 Å². The van der Waals surface area contributed by atoms with E-state index in [2.05, 4.69) is 9.88 Å². The fraction of sp³-hybridized carbons (Fsp3) is 0.750. The van der Waals surface area contributed by atoms with Crippen LogP contribution in [0.1, 0.15) is 49.0 Å². The molecule has 0 saturated carbocycles. The molecule has 6 nitrogen and oxygen atoms in total. The molecule has 1 atom stereocenters. The molecule has 0 radical (unpaired) electrons. The SMILES string of the molecule is NC(=O)c1csc(N2CCC(CO)(CC3CCCCO3)CC2)n1. The Balaban J connectivity index is 1.59. The second-order valence-electron chi connectivity index (χ2n) is 6.72. The zero-order chi connectivity index (χ0) is 16.3. The summed E-state index contributed by atoms with van der Waals surface area (Å²) >= 11 is 1.45. The molecule has 1 aromatic heterocycles. The minimum Gasteiger partial charge on any atom is -0.396 e. The number of aliphatic hydroxyl groups excluding tert-OH is 1. The Morgan fingerprint density at radius 1 is 1.48 bits per heavy atom. The van der Waals surface area contributed by atoms with Crippen molar-refractivity contribution in [1.82, 2.24) is 4.98 Å². The number of hydrogen-bond donors (Lipinski definition) is 2. The average Bonchev–Trinajstić information content (AvgIpc) is 3.07. The van der Waals surface area contributed by atoms with Crippen LogP contribution in [-0.2, 0) is 4.74 Å². The molecule has 2 aliphatic heterocycles. The Labute approximate surface area is 140 Å². The van der Waals surface area contributed by atoms with Gasteiger partial charge in [0, 0.05) is 31.7 Å². The van der Waals surface area contributed by atoms with Gasteiger partial charge in [-0.2, -0.15) is 0 Å². The van der Waals surface area contributed by atoms with Gasteiger partial charge in [0.2, 0.25) is 0 Å². The topological polar surface area (TPSA) is 88.7 Å². The zero-order valence-corrected chi connectivity index (χ0v) is 14.2. The maximum absolute atomic E-state index is 11.2. The number of carbonyl (C=O) groups excluding carboxylic acids is 1. The van der Waals surface area contributed by atoms with Crippen LogP contribution in [0.25, 0.3) is 0 Å². The van der Waals surface area contributed by atoms with Gasteiger partial charge in [0.1, 0.15) is 5.69 Å². The molecule has 2 fully saturated rings. The lowest BCUT2D eigenvalue weighted by Gasteiger charge is -2.43. The third-order valence-corrected chi connectivity index (χ3v) is 6.01. The first-order valence-electron chi connectivity index (χ1n) is 8.35. The third kappa shape index (κ3) is 3.84. The van der Waals surface area contributed by atoms with Crippen molar-refractivity contribution >= 4 is 22.4 Å². The number of ether oxygens (including phenoxy) is 1. The second kappa shape index (κ2) is 7.15. The molecule has 128 valence electrons. The van der Waals surface area contributed by atoms with Gasteiger partial charge in [0.05, 0.1) is 6.10 Å². The highest BCUT2D eigenvalue weighted by Gasteiger charge is 2.37. The van der Waals surface area contributed by atoms with Gasteiger partial charge in [0.15, 0.2) is 5.13 Å². The van der Waals surface area contributed by atoms with Crippen molar-refractivity contribution in [2.75, 3.05) is 31.2 Å². The lowest BCUT2D eigenvalue weighted by atomic mass is 9.74. The van der Waals surface area contributed by atoms with Crippen LogP contribution in [0.4, 0.5) is 5.13 Å². The molecular formula is C16H25N3O3S. The summed E-state index contributed by atoms with van der Waals surface area (Å²) in [5, 5.41) is 12.5. The largest absolute Gasteiger partial charge is 0.396 e. The number of anilines is 1. The van der Waals surface area contributed by atoms with Crippen LogP contribution in [-0.4, -0.2) is 48.4 Å². The van der Waals surface area contributed by atoms with Gasteiger partial charge in [0.25, 0.3) is 5.91 Å². The van der Waals surface area contributed by atoms with Gasteiger partial charge in [-0.05, 0) is 43.9 Å². The van der Waals surface area contributed by atoms with Crippen molar-refractivity contribution in [3.63, 3.8) is 0 Å². The summed E-state index contributed by atoms with van der Waals surface area (Å²) in [5.41, 5.74) is 5.56. The van der Waals surface area contributed by atoms with E-state index < -0.39 is 5.91 Å². The highest BCUT2D eigenvalue weighted by molar-refractivity contribution is 7.13. The monoisotopic (exact) mass is 339 g/mol. The van der Waals surface area contributed by atoms with E-state index in [0.717, 1.165) is 56.9 Å². The van der Waals surface area contributed by atoms with E-state index in [1.165, 1.54) is 17.8 Å². The molecule has 1 aromatic rings. The Morgan fingerprint density at radius 3 is 2.83 bits per heavy atom. The van der Waals surface area contributed by atoms with Crippen molar-refractivity contribution < 1.29 is 14.6 Å². The van der Waals surface area contributed by atoms with Crippen LogP contribution >= 0.6 is 11.3 Å². The number of piperidine rings is 1. The van der Waals surface area contributed by atoms with Gasteiger partial charge in [-0.25, -0.2) is 4.98 Å². The van der Waals surface area contributed by atoms with Gasteiger partial charge >= 0.3 is 0 Å². The predicted octanol–water partition coefficient (Wildman–Crippen LogP) is 1.78. The van der Waals surface area contributed by atoms with Crippen LogP contribution in [0, 0.1) is 5.41 Å². The zero-order valence-electron chi connectivity index (χ0n) is 13.4. The maximum Gasteiger partial charge on any atom is 0.268 e. The number of aliphatic hydroxyl groups is 1. The minimum atomic E-state index is -0.483. The first-order chi connectivity index (χ1) is 11.1. The summed E-state index contributed by atoms with van der Waals surface area (Å²) in [6.07, 6.45) is 6.59. The van der Waals surface area contributed by atoms with Crippen molar-refractivity contribution in [3.8, 4) is 0 Å². The van der Waals surface area contributed by atoms with E-state index in [1.54, 1.807) is 5.38 Å². The summed E-state index contributed by atoms with van der Waals surface area (Å²) in [7, 11) is 0. The van der Waals surface area contributed by atoms with E-state index in [1.807, 2.05) is 0 Å². The number of rotatable bonds is 5. The quantitative estimate of drug-likeness (QED) is 0.853. The summed E-state index contributed by atoms with van der Waals surface area (Å²) in [6, 6.07) is 0. The molecule has 1 amide bonds. The highest BCUT2D eigenvalue weighted by atomic mass is 32.1. The summed E-state index contributed by atoms with van der Waals surface area (Å²) in [5.74, 6) is -0.483. The van der Waals surface area contributed by atoms with Crippen LogP contribution in [0.2, 0.25) is 0 Å². The average molecular weight is 339 g/mol. The maximum atomic E-state index is 11.2. The highest BCUT2D eigenvalue weighted by Crippen LogP contribution is 2.39. The predicted molar refractivity (Wildman–Crippen MR) is 89.8 cm³/mol. The number of thiazole rings is 1. The van der Waals surface area contributed by atoms with Crippen molar-refractivity contribution in [1.29, 1.82) is 0 Å². The normalized spacial score (nSPS) is 24.6. The Bertz CT molecular complexity index is 534. The van der Waals surface area contributed by atoms with E-state index in [9.17, 15) is 9.90 Å². The molecule has 3 heterocycles. The fourth-order valence-electron chi connectivity index (χ4n) is 3.57. The van der Waals surface area contributed by atoms with E-state index >= 15 is 0 Å². The van der Waals surface area contributed by atoms with Crippen molar-refractivity contribution in [3.05, 3.63) is 11.1 Å². The Hall–Kier alpha value is -1.18. The molecule has 0 aliphatic carbocycles. The van der Waals surface area contributed by atoms with Crippen molar-refractivity contribution in [2.24, 2.45) is 11.1 Å². The number of hydrogen-bond acceptors (Lipinski definition) is 6. The summed E-state index contributed by atoms with van der Waals surface area (Å²) < 4.78 is 5.86. The molecule has 23 heavy (non-hydrogen) atoms. The molecule has 0 aromatic carbocycles. The molecule has 2 saturated heterocycles. The third-order valence-electron chi connectivity index (χ3n) is 5.11. The van der Waals surface area contributed by atoms with Crippen molar-refractivity contribution in [2.45, 2.75) is 44.6 Å². The summed E-state index contributed by atoms with van der Waals surface area (Å²) in [6.45, 7) is 2.76. The first-order valence-corrected chi connectivity index (χ1v) is 9.23. The second-order valence-corrected chi connectivity index (χ2v) is 7.55. The fourth-order valence-corrected chi connectivity index (χ4v) is 4.44.